The Morgan fingerprint density at radius 2 is 1.84 bits per heavy atom. The Balaban J connectivity index is 1.78. The van der Waals surface area contributed by atoms with E-state index in [9.17, 15) is 9.59 Å². The fourth-order valence-corrected chi connectivity index (χ4v) is 3.82. The van der Waals surface area contributed by atoms with E-state index in [1.54, 1.807) is 26.0 Å². The summed E-state index contributed by atoms with van der Waals surface area (Å²) in [5, 5.41) is 2.11. The van der Waals surface area contributed by atoms with Crippen LogP contribution in [0.5, 0.6) is 11.5 Å². The molecular weight excluding hydrogens is 420 g/mol. The Morgan fingerprint density at radius 3 is 2.48 bits per heavy atom. The largest absolute Gasteiger partial charge is 0.493 e. The van der Waals surface area contributed by atoms with Crippen molar-refractivity contribution in [1.82, 2.24) is 10.2 Å². The molecule has 0 aromatic heterocycles. The van der Waals surface area contributed by atoms with Gasteiger partial charge in [-0.15, -0.1) is 11.6 Å². The molecule has 1 N–H and O–H groups in total. The third kappa shape index (κ3) is 5.41. The predicted molar refractivity (Wildman–Crippen MR) is 118 cm³/mol. The minimum absolute atomic E-state index is 0.167. The maximum atomic E-state index is 12.7. The van der Waals surface area contributed by atoms with Crippen LogP contribution in [-0.4, -0.2) is 49.6 Å². The lowest BCUT2D eigenvalue weighted by Crippen LogP contribution is -2.47. The molecule has 0 aliphatic carbocycles. The number of alkyl halides is 1. The molecule has 31 heavy (non-hydrogen) atoms. The van der Waals surface area contributed by atoms with Crippen molar-refractivity contribution in [2.45, 2.75) is 31.4 Å². The molecule has 8 heteroatoms. The van der Waals surface area contributed by atoms with Gasteiger partial charge in [0.2, 0.25) is 5.91 Å². The smallest absolute Gasteiger partial charge is 0.407 e. The van der Waals surface area contributed by atoms with Crippen LogP contribution in [0.15, 0.2) is 42.5 Å². The second-order valence-corrected chi connectivity index (χ2v) is 7.92. The van der Waals surface area contributed by atoms with Crippen molar-refractivity contribution in [3.05, 3.63) is 59.2 Å². The van der Waals surface area contributed by atoms with E-state index in [1.807, 2.05) is 42.5 Å². The number of alkyl carbamates (subject to hydrolysis) is 1. The normalized spacial score (nSPS) is 16.1. The molecule has 2 amide bonds. The standard InChI is InChI=1S/C23H27ClN2O5/c1-15(24)22(27)26-10-9-17-11-20(29-2)21(30-3)12-18(17)19(26)13-25-23(28)31-14-16-7-5-4-6-8-16/h4-8,11-12,15,19H,9-10,13-14H2,1-3H3,(H,25,28). The number of benzene rings is 2. The maximum absolute atomic E-state index is 12.7. The molecular formula is C23H27ClN2O5. The van der Waals surface area contributed by atoms with Crippen molar-refractivity contribution in [3.8, 4) is 11.5 Å². The number of ether oxygens (including phenoxy) is 3. The molecule has 2 atom stereocenters. The van der Waals surface area contributed by atoms with Crippen LogP contribution in [0, 0.1) is 0 Å². The van der Waals surface area contributed by atoms with Gasteiger partial charge >= 0.3 is 6.09 Å². The number of carbonyl (C=O) groups is 2. The average Bonchev–Trinajstić information content (AvgIpc) is 2.80. The number of hydrogen-bond donors (Lipinski definition) is 1. The second-order valence-electron chi connectivity index (χ2n) is 7.26. The average molecular weight is 447 g/mol. The number of carbonyl (C=O) groups excluding carboxylic acids is 2. The summed E-state index contributed by atoms with van der Waals surface area (Å²) in [5.74, 6) is 0.999. The molecule has 0 saturated heterocycles. The number of nitrogens with zero attached hydrogens (tertiary/aromatic N) is 1. The van der Waals surface area contributed by atoms with Gasteiger partial charge in [-0.2, -0.15) is 0 Å². The van der Waals surface area contributed by atoms with E-state index in [4.69, 9.17) is 25.8 Å². The van der Waals surface area contributed by atoms with Gasteiger partial charge in [-0.05, 0) is 42.2 Å². The number of methoxy groups -OCH3 is 2. The Kier molecular flexibility index (Phi) is 7.63. The van der Waals surface area contributed by atoms with E-state index in [1.165, 1.54) is 0 Å². The summed E-state index contributed by atoms with van der Waals surface area (Å²) < 4.78 is 16.2. The van der Waals surface area contributed by atoms with Gasteiger partial charge in [0, 0.05) is 13.1 Å². The van der Waals surface area contributed by atoms with Gasteiger partial charge in [0.15, 0.2) is 11.5 Å². The van der Waals surface area contributed by atoms with Crippen LogP contribution < -0.4 is 14.8 Å². The van der Waals surface area contributed by atoms with Gasteiger partial charge in [0.1, 0.15) is 12.0 Å². The molecule has 3 rings (SSSR count). The molecule has 2 unspecified atom stereocenters. The zero-order valence-electron chi connectivity index (χ0n) is 17.9. The summed E-state index contributed by atoms with van der Waals surface area (Å²) in [4.78, 5) is 26.7. The zero-order chi connectivity index (χ0) is 22.4. The highest BCUT2D eigenvalue weighted by Gasteiger charge is 2.34. The molecule has 1 aliphatic heterocycles. The van der Waals surface area contributed by atoms with Gasteiger partial charge in [-0.25, -0.2) is 4.79 Å². The van der Waals surface area contributed by atoms with E-state index in [-0.39, 0.29) is 19.1 Å². The summed E-state index contributed by atoms with van der Waals surface area (Å²) >= 11 is 6.09. The van der Waals surface area contributed by atoms with Crippen LogP contribution in [0.2, 0.25) is 0 Å². The van der Waals surface area contributed by atoms with Crippen LogP contribution >= 0.6 is 11.6 Å². The first-order valence-corrected chi connectivity index (χ1v) is 10.5. The highest BCUT2D eigenvalue weighted by atomic mass is 35.5. The molecule has 0 radical (unpaired) electrons. The van der Waals surface area contributed by atoms with E-state index < -0.39 is 17.5 Å². The van der Waals surface area contributed by atoms with Crippen LogP contribution in [0.3, 0.4) is 0 Å². The van der Waals surface area contributed by atoms with Gasteiger partial charge in [0.05, 0.1) is 20.3 Å². The highest BCUT2D eigenvalue weighted by molar-refractivity contribution is 6.30. The lowest BCUT2D eigenvalue weighted by molar-refractivity contribution is -0.133. The molecule has 0 bridgehead atoms. The first-order chi connectivity index (χ1) is 14.9. The minimum atomic E-state index is -0.672. The van der Waals surface area contributed by atoms with Crippen LogP contribution in [0.1, 0.15) is 29.7 Å². The molecule has 1 aliphatic rings. The number of fused-ring (bicyclic) bond motifs is 1. The number of rotatable bonds is 7. The summed E-state index contributed by atoms with van der Waals surface area (Å²) in [6.07, 6.45) is 0.0998. The fraction of sp³-hybridized carbons (Fsp3) is 0.391. The van der Waals surface area contributed by atoms with E-state index in [0.29, 0.717) is 24.5 Å². The highest BCUT2D eigenvalue weighted by Crippen LogP contribution is 2.38. The zero-order valence-corrected chi connectivity index (χ0v) is 18.6. The number of amides is 2. The van der Waals surface area contributed by atoms with Gasteiger partial charge in [-0.3, -0.25) is 4.79 Å². The Morgan fingerprint density at radius 1 is 1.16 bits per heavy atom. The SMILES string of the molecule is COc1cc2c(cc1OC)C(CNC(=O)OCc1ccccc1)N(C(=O)C(C)Cl)CC2. The second kappa shape index (κ2) is 10.4. The van der Waals surface area contributed by atoms with Crippen molar-refractivity contribution >= 4 is 23.6 Å². The quantitative estimate of drug-likeness (QED) is 0.656. The summed E-state index contributed by atoms with van der Waals surface area (Å²) in [5.41, 5.74) is 2.82. The Bertz CT molecular complexity index is 920. The van der Waals surface area contributed by atoms with Gasteiger partial charge in [-0.1, -0.05) is 30.3 Å². The van der Waals surface area contributed by atoms with Gasteiger partial charge < -0.3 is 24.4 Å². The first kappa shape index (κ1) is 22.7. The van der Waals surface area contributed by atoms with E-state index in [0.717, 1.165) is 16.7 Å². The van der Waals surface area contributed by atoms with Crippen LogP contribution in [0.25, 0.3) is 0 Å². The molecule has 0 spiro atoms. The van der Waals surface area contributed by atoms with Crippen molar-refractivity contribution in [3.63, 3.8) is 0 Å². The molecule has 1 heterocycles. The van der Waals surface area contributed by atoms with Crippen molar-refractivity contribution in [2.75, 3.05) is 27.3 Å². The maximum Gasteiger partial charge on any atom is 0.407 e. The summed E-state index contributed by atoms with van der Waals surface area (Å²) in [7, 11) is 3.14. The van der Waals surface area contributed by atoms with Crippen molar-refractivity contribution < 1.29 is 23.8 Å². The summed E-state index contributed by atoms with van der Waals surface area (Å²) in [6, 6.07) is 12.8. The predicted octanol–water partition coefficient (Wildman–Crippen LogP) is 3.68. The summed E-state index contributed by atoms with van der Waals surface area (Å²) in [6.45, 7) is 2.49. The number of nitrogens with one attached hydrogen (secondary N) is 1. The topological polar surface area (TPSA) is 77.1 Å². The molecule has 0 fully saturated rings. The minimum Gasteiger partial charge on any atom is -0.493 e. The van der Waals surface area contributed by atoms with Crippen LogP contribution in [0.4, 0.5) is 4.79 Å². The Labute approximate surface area is 187 Å². The third-order valence-corrected chi connectivity index (χ3v) is 5.47. The Hall–Kier alpha value is -2.93. The molecule has 2 aromatic carbocycles. The molecule has 0 saturated carbocycles. The third-order valence-electron chi connectivity index (χ3n) is 5.28. The van der Waals surface area contributed by atoms with Gasteiger partial charge in [0.25, 0.3) is 0 Å². The fourth-order valence-electron chi connectivity index (χ4n) is 3.69. The van der Waals surface area contributed by atoms with Crippen molar-refractivity contribution in [2.24, 2.45) is 0 Å². The molecule has 2 aromatic rings. The van der Waals surface area contributed by atoms with Crippen molar-refractivity contribution in [1.29, 1.82) is 0 Å². The van der Waals surface area contributed by atoms with E-state index in [2.05, 4.69) is 5.32 Å². The lowest BCUT2D eigenvalue weighted by Gasteiger charge is -2.38. The van der Waals surface area contributed by atoms with Crippen LogP contribution in [-0.2, 0) is 22.6 Å². The number of halogens is 1. The molecule has 7 nitrogen and oxygen atoms in total. The lowest BCUT2D eigenvalue weighted by atomic mass is 9.91. The number of hydrogen-bond acceptors (Lipinski definition) is 5. The first-order valence-electron chi connectivity index (χ1n) is 10.1. The van der Waals surface area contributed by atoms with E-state index >= 15 is 0 Å². The monoisotopic (exact) mass is 446 g/mol. The molecule has 166 valence electrons.